The van der Waals surface area contributed by atoms with Gasteiger partial charge in [-0.15, -0.1) is 0 Å². The van der Waals surface area contributed by atoms with Crippen LogP contribution in [-0.2, 0) is 26.0 Å². The molecule has 2 aromatic carbocycles. The van der Waals surface area contributed by atoms with E-state index in [0.717, 1.165) is 16.7 Å². The molecule has 2 aromatic rings. The minimum atomic E-state index is -3.52. The van der Waals surface area contributed by atoms with Gasteiger partial charge in [0, 0.05) is 25.0 Å². The second-order valence-electron chi connectivity index (χ2n) is 10.5. The molecule has 0 saturated heterocycles. The summed E-state index contributed by atoms with van der Waals surface area (Å²) >= 11 is 0. The maximum atomic E-state index is 13.3. The van der Waals surface area contributed by atoms with E-state index in [4.69, 9.17) is 0 Å². The Hall–Kier alpha value is -2.87. The molecule has 1 atom stereocenters. The second kappa shape index (κ2) is 12.4. The van der Waals surface area contributed by atoms with Gasteiger partial charge in [0.15, 0.2) is 0 Å². The molecule has 198 valence electrons. The SMILES string of the molecule is Cc1cc(C)cc(N(CCCC(=O)N(CCc2ccccc2)[C@H](C)C(=O)NC(C)(C)C)S(C)(=O)=O)c1. The van der Waals surface area contributed by atoms with Crippen molar-refractivity contribution in [3.63, 3.8) is 0 Å². The third-order valence-electron chi connectivity index (χ3n) is 5.80. The molecule has 2 rings (SSSR count). The van der Waals surface area contributed by atoms with Crippen molar-refractivity contribution in [2.75, 3.05) is 23.7 Å². The van der Waals surface area contributed by atoms with Crippen LogP contribution in [-0.4, -0.2) is 56.1 Å². The highest BCUT2D eigenvalue weighted by atomic mass is 32.2. The Morgan fingerprint density at radius 1 is 0.972 bits per heavy atom. The Kier molecular flexibility index (Phi) is 10.1. The van der Waals surface area contributed by atoms with Crippen molar-refractivity contribution >= 4 is 27.5 Å². The van der Waals surface area contributed by atoms with Gasteiger partial charge in [-0.1, -0.05) is 36.4 Å². The molecular formula is C28H41N3O4S. The number of benzene rings is 2. The molecule has 0 aliphatic carbocycles. The van der Waals surface area contributed by atoms with Gasteiger partial charge in [0.2, 0.25) is 21.8 Å². The predicted molar refractivity (Wildman–Crippen MR) is 147 cm³/mol. The lowest BCUT2D eigenvalue weighted by Crippen LogP contribution is -2.53. The lowest BCUT2D eigenvalue weighted by atomic mass is 10.1. The van der Waals surface area contributed by atoms with Crippen LogP contribution in [0, 0.1) is 13.8 Å². The molecule has 2 amide bonds. The largest absolute Gasteiger partial charge is 0.350 e. The molecule has 0 spiro atoms. The zero-order chi connectivity index (χ0) is 27.1. The number of carbonyl (C=O) groups excluding carboxylic acids is 2. The van der Waals surface area contributed by atoms with Crippen molar-refractivity contribution in [1.82, 2.24) is 10.2 Å². The summed E-state index contributed by atoms with van der Waals surface area (Å²) in [5.74, 6) is -0.381. The fraction of sp³-hybridized carbons (Fsp3) is 0.500. The van der Waals surface area contributed by atoms with E-state index in [9.17, 15) is 18.0 Å². The first kappa shape index (κ1) is 29.4. The van der Waals surface area contributed by atoms with E-state index < -0.39 is 21.6 Å². The van der Waals surface area contributed by atoms with Crippen LogP contribution < -0.4 is 9.62 Å². The fourth-order valence-electron chi connectivity index (χ4n) is 4.14. The number of amides is 2. The van der Waals surface area contributed by atoms with E-state index in [1.165, 1.54) is 10.6 Å². The third-order valence-corrected chi connectivity index (χ3v) is 6.99. The van der Waals surface area contributed by atoms with E-state index in [-0.39, 0.29) is 24.8 Å². The number of nitrogens with one attached hydrogen (secondary N) is 1. The third kappa shape index (κ3) is 9.30. The molecule has 8 heteroatoms. The van der Waals surface area contributed by atoms with Crippen molar-refractivity contribution in [3.05, 3.63) is 65.2 Å². The van der Waals surface area contributed by atoms with Crippen molar-refractivity contribution < 1.29 is 18.0 Å². The Morgan fingerprint density at radius 3 is 2.08 bits per heavy atom. The van der Waals surface area contributed by atoms with Gasteiger partial charge in [-0.05, 0) is 83.2 Å². The zero-order valence-electron chi connectivity index (χ0n) is 22.7. The van der Waals surface area contributed by atoms with Crippen LogP contribution in [0.2, 0.25) is 0 Å². The lowest BCUT2D eigenvalue weighted by molar-refractivity contribution is -0.140. The Balaban J connectivity index is 2.15. The number of hydrogen-bond donors (Lipinski definition) is 1. The molecule has 0 heterocycles. The second-order valence-corrected chi connectivity index (χ2v) is 12.4. The van der Waals surface area contributed by atoms with Gasteiger partial charge in [0.05, 0.1) is 11.9 Å². The van der Waals surface area contributed by atoms with E-state index >= 15 is 0 Å². The molecule has 0 aromatic heterocycles. The predicted octanol–water partition coefficient (Wildman–Crippen LogP) is 4.22. The van der Waals surface area contributed by atoms with Gasteiger partial charge in [0.25, 0.3) is 0 Å². The fourth-order valence-corrected chi connectivity index (χ4v) is 5.09. The van der Waals surface area contributed by atoms with E-state index in [1.807, 2.05) is 83.1 Å². The average Bonchev–Trinajstić information content (AvgIpc) is 2.74. The Bertz CT molecular complexity index is 1120. The average molecular weight is 516 g/mol. The molecule has 36 heavy (non-hydrogen) atoms. The van der Waals surface area contributed by atoms with Crippen LogP contribution in [0.3, 0.4) is 0 Å². The molecule has 0 unspecified atom stereocenters. The standard InChI is InChI=1S/C28H41N3O4S/c1-21-18-22(2)20-25(19-21)31(36(7,34)35)16-11-14-26(32)30(17-15-24-12-9-8-10-13-24)23(3)27(33)29-28(4,5)6/h8-10,12-13,18-20,23H,11,14-17H2,1-7H3,(H,29,33)/t23-/m1/s1. The normalized spacial score (nSPS) is 12.6. The molecule has 0 bridgehead atoms. The zero-order valence-corrected chi connectivity index (χ0v) is 23.5. The number of hydrogen-bond acceptors (Lipinski definition) is 4. The van der Waals surface area contributed by atoms with Crippen molar-refractivity contribution in [1.29, 1.82) is 0 Å². The highest BCUT2D eigenvalue weighted by Gasteiger charge is 2.28. The summed E-state index contributed by atoms with van der Waals surface area (Å²) in [7, 11) is -3.52. The van der Waals surface area contributed by atoms with Crippen molar-refractivity contribution in [2.24, 2.45) is 0 Å². The Labute approximate surface area is 216 Å². The summed E-state index contributed by atoms with van der Waals surface area (Å²) in [5.41, 5.74) is 3.21. The van der Waals surface area contributed by atoms with Gasteiger partial charge >= 0.3 is 0 Å². The van der Waals surface area contributed by atoms with Crippen LogP contribution in [0.4, 0.5) is 5.69 Å². The first-order chi connectivity index (χ1) is 16.7. The number of nitrogens with zero attached hydrogens (tertiary/aromatic N) is 2. The van der Waals surface area contributed by atoms with Crippen LogP contribution >= 0.6 is 0 Å². The number of anilines is 1. The van der Waals surface area contributed by atoms with Gasteiger partial charge in [-0.2, -0.15) is 0 Å². The van der Waals surface area contributed by atoms with E-state index in [0.29, 0.717) is 25.1 Å². The first-order valence-electron chi connectivity index (χ1n) is 12.4. The molecule has 7 nitrogen and oxygen atoms in total. The van der Waals surface area contributed by atoms with Crippen LogP contribution in [0.15, 0.2) is 48.5 Å². The number of sulfonamides is 1. The molecule has 0 radical (unpaired) electrons. The maximum absolute atomic E-state index is 13.3. The molecule has 0 aliphatic heterocycles. The minimum Gasteiger partial charge on any atom is -0.350 e. The van der Waals surface area contributed by atoms with Gasteiger partial charge in [-0.3, -0.25) is 13.9 Å². The summed E-state index contributed by atoms with van der Waals surface area (Å²) in [4.78, 5) is 27.8. The van der Waals surface area contributed by atoms with Crippen molar-refractivity contribution in [2.45, 2.75) is 72.4 Å². The molecule has 0 aliphatic rings. The minimum absolute atomic E-state index is 0.138. The lowest BCUT2D eigenvalue weighted by Gasteiger charge is -2.32. The summed E-state index contributed by atoms with van der Waals surface area (Å²) in [6.45, 7) is 11.9. The van der Waals surface area contributed by atoms with Gasteiger partial charge in [0.1, 0.15) is 6.04 Å². The molecule has 0 fully saturated rings. The summed E-state index contributed by atoms with van der Waals surface area (Å²) in [6, 6.07) is 14.8. The van der Waals surface area contributed by atoms with Crippen LogP contribution in [0.5, 0.6) is 0 Å². The molecular weight excluding hydrogens is 474 g/mol. The van der Waals surface area contributed by atoms with E-state index in [2.05, 4.69) is 5.32 Å². The summed E-state index contributed by atoms with van der Waals surface area (Å²) in [6.07, 6.45) is 2.28. The van der Waals surface area contributed by atoms with Gasteiger partial charge in [-0.25, -0.2) is 8.42 Å². The molecule has 0 saturated carbocycles. The van der Waals surface area contributed by atoms with E-state index in [1.54, 1.807) is 11.8 Å². The number of carbonyl (C=O) groups is 2. The topological polar surface area (TPSA) is 86.8 Å². The quantitative estimate of drug-likeness (QED) is 0.485. The number of rotatable bonds is 11. The summed E-state index contributed by atoms with van der Waals surface area (Å²) < 4.78 is 26.4. The van der Waals surface area contributed by atoms with Crippen LogP contribution in [0.25, 0.3) is 0 Å². The molecule has 1 N–H and O–H groups in total. The highest BCUT2D eigenvalue weighted by Crippen LogP contribution is 2.22. The maximum Gasteiger partial charge on any atom is 0.242 e. The monoisotopic (exact) mass is 515 g/mol. The van der Waals surface area contributed by atoms with Crippen LogP contribution in [0.1, 0.15) is 57.2 Å². The van der Waals surface area contributed by atoms with Gasteiger partial charge < -0.3 is 10.2 Å². The summed E-state index contributed by atoms with van der Waals surface area (Å²) in [5, 5.41) is 2.96. The smallest absolute Gasteiger partial charge is 0.242 e. The van der Waals surface area contributed by atoms with Crippen molar-refractivity contribution in [3.8, 4) is 0 Å². The number of aryl methyl sites for hydroxylation is 2. The highest BCUT2D eigenvalue weighted by molar-refractivity contribution is 7.92. The first-order valence-corrected chi connectivity index (χ1v) is 14.2. The Morgan fingerprint density at radius 2 is 1.56 bits per heavy atom.